The van der Waals surface area contributed by atoms with Gasteiger partial charge in [-0.3, -0.25) is 20.4 Å². The second kappa shape index (κ2) is 12.7. The molecule has 0 radical (unpaired) electrons. The molecule has 4 aliphatic rings. The number of benzene rings is 1. The zero-order valence-electron chi connectivity index (χ0n) is 25.3. The summed E-state index contributed by atoms with van der Waals surface area (Å²) in [5.41, 5.74) is 7.79. The Morgan fingerprint density at radius 3 is 2.64 bits per heavy atom. The summed E-state index contributed by atoms with van der Waals surface area (Å²) < 4.78 is 4.88. The predicted molar refractivity (Wildman–Crippen MR) is 171 cm³/mol. The molecule has 0 amide bonds. The summed E-state index contributed by atoms with van der Waals surface area (Å²) in [5, 5.41) is 9.90. The molecule has 4 fully saturated rings. The zero-order chi connectivity index (χ0) is 30.1. The summed E-state index contributed by atoms with van der Waals surface area (Å²) >= 11 is 11.3. The molecule has 0 saturated heterocycles. The summed E-state index contributed by atoms with van der Waals surface area (Å²) in [4.78, 5) is 25.8. The summed E-state index contributed by atoms with van der Waals surface area (Å²) in [6.45, 7) is 6.96. The minimum atomic E-state index is -0.260. The quantitative estimate of drug-likeness (QED) is 0.150. The van der Waals surface area contributed by atoms with Gasteiger partial charge in [-0.2, -0.15) is 10.2 Å². The third-order valence-electron chi connectivity index (χ3n) is 11.7. The first kappa shape index (κ1) is 31.1. The smallest absolute Gasteiger partial charge is 0.305 e. The van der Waals surface area contributed by atoms with Gasteiger partial charge in [0, 0.05) is 29.0 Å². The van der Waals surface area contributed by atoms with Gasteiger partial charge in [-0.05, 0) is 122 Å². The van der Waals surface area contributed by atoms with E-state index >= 15 is 0 Å². The maximum atomic E-state index is 14.0. The van der Waals surface area contributed by atoms with E-state index in [2.05, 4.69) is 41.8 Å². The molecule has 0 heterocycles. The molecule has 0 spiro atoms. The highest BCUT2D eigenvalue weighted by atomic mass is 35.5. The van der Waals surface area contributed by atoms with Gasteiger partial charge < -0.3 is 4.74 Å². The van der Waals surface area contributed by atoms with Crippen LogP contribution in [0, 0.1) is 46.3 Å². The van der Waals surface area contributed by atoms with Crippen LogP contribution in [0.25, 0.3) is 0 Å². The van der Waals surface area contributed by atoms with Crippen LogP contribution >= 0.6 is 23.8 Å². The highest BCUT2D eigenvalue weighted by molar-refractivity contribution is 7.80. The number of fused-ring (bicyclic) bond motifs is 5. The number of nitrogens with one attached hydrogen (secondary N) is 2. The number of halogens is 1. The average Bonchev–Trinajstić information content (AvgIpc) is 3.34. The van der Waals surface area contributed by atoms with Crippen LogP contribution in [0.2, 0.25) is 5.02 Å². The molecule has 5 rings (SSSR count). The van der Waals surface area contributed by atoms with Crippen LogP contribution in [0.5, 0.6) is 0 Å². The summed E-state index contributed by atoms with van der Waals surface area (Å²) in [6.07, 6.45) is 11.2. The first-order chi connectivity index (χ1) is 20.1. The average molecular weight is 613 g/mol. The topological polar surface area (TPSA) is 92.2 Å². The molecule has 228 valence electrons. The lowest BCUT2D eigenvalue weighted by Crippen LogP contribution is -2.57. The number of hydrazone groups is 2. The predicted octanol–water partition coefficient (Wildman–Crippen LogP) is 6.92. The Hall–Kier alpha value is -2.32. The van der Waals surface area contributed by atoms with E-state index in [0.717, 1.165) is 49.8 Å². The third kappa shape index (κ3) is 6.03. The standard InChI is InChI=1S/C33H45ClN4O3S/c1-20(5-14-30(40)41-4)26-12-13-27-25-11-8-22-17-24(15-16-32(22,2)28(25)18-29(39)33(26,27)3)36-38-31(42)37-35-19-21-6-9-23(34)10-7-21/h6-7,9-10,19-20,22,25-28H,5,8,11-18H2,1-4H3,(H2,37,38,42)/b35-19+,36-24+/t20-,22-,25+,26-,27+,28+,32+,33-/m1/s1. The van der Waals surface area contributed by atoms with Crippen molar-refractivity contribution in [3.63, 3.8) is 0 Å². The highest BCUT2D eigenvalue weighted by Crippen LogP contribution is 2.67. The lowest BCUT2D eigenvalue weighted by molar-refractivity contribution is -0.155. The molecule has 8 atom stereocenters. The third-order valence-corrected chi connectivity index (χ3v) is 12.1. The molecule has 0 aliphatic heterocycles. The summed E-state index contributed by atoms with van der Waals surface area (Å²) in [6, 6.07) is 7.41. The van der Waals surface area contributed by atoms with Crippen molar-refractivity contribution in [3.05, 3.63) is 34.9 Å². The van der Waals surface area contributed by atoms with Gasteiger partial charge in [-0.1, -0.05) is 44.5 Å². The summed E-state index contributed by atoms with van der Waals surface area (Å²) in [5.74, 6) is 3.07. The number of carbonyl (C=O) groups is 2. The van der Waals surface area contributed by atoms with Gasteiger partial charge in [0.25, 0.3) is 0 Å². The Morgan fingerprint density at radius 1 is 1.14 bits per heavy atom. The number of thiocarbonyl (C=S) groups is 1. The number of nitrogens with zero attached hydrogens (tertiary/aromatic N) is 2. The molecule has 0 unspecified atom stereocenters. The van der Waals surface area contributed by atoms with Gasteiger partial charge in [0.1, 0.15) is 5.78 Å². The first-order valence-corrected chi connectivity index (χ1v) is 16.3. The largest absolute Gasteiger partial charge is 0.469 e. The SMILES string of the molecule is COC(=O)CC[C@@H](C)[C@H]1CC[C@H]2[C@@H]3CC[C@@H]4C/C(=N/NC(=S)N/N=C/c5ccc(Cl)cc5)CC[C@]4(C)[C@H]3CC(=O)[C@]12C. The Labute approximate surface area is 260 Å². The van der Waals surface area contributed by atoms with E-state index in [1.807, 2.05) is 24.3 Å². The Bertz CT molecular complexity index is 1250. The molecular formula is C33H45ClN4O3S. The highest BCUT2D eigenvalue weighted by Gasteiger charge is 2.63. The second-order valence-electron chi connectivity index (χ2n) is 13.6. The number of esters is 1. The van der Waals surface area contributed by atoms with Crippen LogP contribution in [0.3, 0.4) is 0 Å². The molecule has 7 nitrogen and oxygen atoms in total. The van der Waals surface area contributed by atoms with E-state index in [0.29, 0.717) is 64.3 Å². The van der Waals surface area contributed by atoms with Gasteiger partial charge in [0.05, 0.1) is 13.3 Å². The van der Waals surface area contributed by atoms with Crippen LogP contribution in [0.15, 0.2) is 34.5 Å². The number of rotatable bonds is 7. The van der Waals surface area contributed by atoms with Crippen molar-refractivity contribution >= 4 is 52.6 Å². The zero-order valence-corrected chi connectivity index (χ0v) is 26.9. The number of Topliss-reactive ketones (excluding diaryl/α,β-unsaturated/α-hetero) is 1. The minimum Gasteiger partial charge on any atom is -0.469 e. The summed E-state index contributed by atoms with van der Waals surface area (Å²) in [7, 11) is 1.45. The van der Waals surface area contributed by atoms with Crippen molar-refractivity contribution in [1.82, 2.24) is 10.9 Å². The molecule has 9 heteroatoms. The van der Waals surface area contributed by atoms with E-state index < -0.39 is 0 Å². The van der Waals surface area contributed by atoms with Crippen molar-refractivity contribution in [1.29, 1.82) is 0 Å². The monoisotopic (exact) mass is 612 g/mol. The first-order valence-electron chi connectivity index (χ1n) is 15.6. The lowest BCUT2D eigenvalue weighted by Gasteiger charge is -2.60. The van der Waals surface area contributed by atoms with Gasteiger partial charge in [0.15, 0.2) is 0 Å². The molecule has 0 aromatic heterocycles. The molecule has 0 bridgehead atoms. The van der Waals surface area contributed by atoms with E-state index in [1.165, 1.54) is 20.0 Å². The van der Waals surface area contributed by atoms with Crippen LogP contribution < -0.4 is 10.9 Å². The minimum absolute atomic E-state index is 0.154. The van der Waals surface area contributed by atoms with E-state index in [9.17, 15) is 9.59 Å². The fraction of sp³-hybridized carbons (Fsp3) is 0.667. The maximum absolute atomic E-state index is 14.0. The number of ether oxygens (including phenoxy) is 1. The van der Waals surface area contributed by atoms with Crippen LogP contribution in [-0.4, -0.2) is 35.9 Å². The van der Waals surface area contributed by atoms with Crippen molar-refractivity contribution in [3.8, 4) is 0 Å². The number of methoxy groups -OCH3 is 1. The Kier molecular flexibility index (Phi) is 9.43. The van der Waals surface area contributed by atoms with E-state index in [1.54, 1.807) is 6.21 Å². The van der Waals surface area contributed by atoms with Crippen molar-refractivity contribution in [2.75, 3.05) is 7.11 Å². The molecule has 4 saturated carbocycles. The van der Waals surface area contributed by atoms with Gasteiger partial charge in [-0.25, -0.2) is 0 Å². The van der Waals surface area contributed by atoms with Gasteiger partial charge in [0.2, 0.25) is 5.11 Å². The fourth-order valence-electron chi connectivity index (χ4n) is 9.33. The van der Waals surface area contributed by atoms with Crippen molar-refractivity contribution < 1.29 is 14.3 Å². The van der Waals surface area contributed by atoms with Crippen LogP contribution in [0.1, 0.15) is 90.5 Å². The van der Waals surface area contributed by atoms with E-state index in [-0.39, 0.29) is 16.8 Å². The number of hydrogen-bond acceptors (Lipinski definition) is 6. The molecular weight excluding hydrogens is 568 g/mol. The molecule has 1 aromatic carbocycles. The fourth-order valence-corrected chi connectivity index (χ4v) is 9.55. The molecule has 2 N–H and O–H groups in total. The van der Waals surface area contributed by atoms with E-state index in [4.69, 9.17) is 28.6 Å². The molecule has 4 aliphatic carbocycles. The number of ketones is 1. The Balaban J connectivity index is 1.19. The van der Waals surface area contributed by atoms with Gasteiger partial charge in [-0.15, -0.1) is 0 Å². The Morgan fingerprint density at radius 2 is 1.90 bits per heavy atom. The van der Waals surface area contributed by atoms with Crippen LogP contribution in [-0.2, 0) is 14.3 Å². The van der Waals surface area contributed by atoms with Gasteiger partial charge >= 0.3 is 5.97 Å². The number of carbonyl (C=O) groups excluding carboxylic acids is 2. The molecule has 1 aromatic rings. The second-order valence-corrected chi connectivity index (χ2v) is 14.4. The molecule has 42 heavy (non-hydrogen) atoms. The van der Waals surface area contributed by atoms with Crippen molar-refractivity contribution in [2.24, 2.45) is 56.5 Å². The van der Waals surface area contributed by atoms with Crippen LogP contribution in [0.4, 0.5) is 0 Å². The van der Waals surface area contributed by atoms with Crippen molar-refractivity contribution in [2.45, 2.75) is 85.0 Å². The number of hydrogen-bond donors (Lipinski definition) is 2. The lowest BCUT2D eigenvalue weighted by atomic mass is 9.44. The maximum Gasteiger partial charge on any atom is 0.305 e. The normalized spacial score (nSPS) is 35.7.